The van der Waals surface area contributed by atoms with Crippen LogP contribution in [-0.4, -0.2) is 17.3 Å². The standard InChI is InChI=1S/C15H19N3O2/c1-9-3-4-10(7-9)14-17-15(20-18-14)11-5-6-13(19-2)12(16)8-11/h5-6,8-10H,3-4,7,16H2,1-2H3. The van der Waals surface area contributed by atoms with Gasteiger partial charge in [0.2, 0.25) is 0 Å². The van der Waals surface area contributed by atoms with Crippen LogP contribution in [0.2, 0.25) is 0 Å². The second kappa shape index (κ2) is 5.15. The van der Waals surface area contributed by atoms with Crippen LogP contribution < -0.4 is 10.5 Å². The van der Waals surface area contributed by atoms with E-state index in [1.165, 1.54) is 6.42 Å². The van der Waals surface area contributed by atoms with Crippen molar-refractivity contribution in [1.82, 2.24) is 10.1 Å². The first-order valence-electron chi connectivity index (χ1n) is 6.95. The van der Waals surface area contributed by atoms with Crippen LogP contribution in [0.15, 0.2) is 22.7 Å². The maximum Gasteiger partial charge on any atom is 0.258 e. The lowest BCUT2D eigenvalue weighted by Crippen LogP contribution is -1.96. The third-order valence-corrected chi connectivity index (χ3v) is 3.98. The minimum Gasteiger partial charge on any atom is -0.495 e. The first-order valence-corrected chi connectivity index (χ1v) is 6.95. The lowest BCUT2D eigenvalue weighted by atomic mass is 10.1. The van der Waals surface area contributed by atoms with Crippen molar-refractivity contribution in [3.8, 4) is 17.2 Å². The Bertz CT molecular complexity index is 609. The van der Waals surface area contributed by atoms with Gasteiger partial charge in [0.05, 0.1) is 12.8 Å². The predicted octanol–water partition coefficient (Wildman–Crippen LogP) is 3.23. The van der Waals surface area contributed by atoms with Gasteiger partial charge in [-0.15, -0.1) is 0 Å². The summed E-state index contributed by atoms with van der Waals surface area (Å²) in [6.45, 7) is 2.27. The number of ether oxygens (including phenoxy) is 1. The van der Waals surface area contributed by atoms with E-state index < -0.39 is 0 Å². The van der Waals surface area contributed by atoms with Crippen molar-refractivity contribution in [2.45, 2.75) is 32.1 Å². The SMILES string of the molecule is COc1ccc(-c2nc(C3CCC(C)C3)no2)cc1N. The number of benzene rings is 1. The lowest BCUT2D eigenvalue weighted by molar-refractivity contribution is 0.413. The highest BCUT2D eigenvalue weighted by atomic mass is 16.5. The van der Waals surface area contributed by atoms with Crippen LogP contribution in [0.5, 0.6) is 5.75 Å². The largest absolute Gasteiger partial charge is 0.495 e. The highest BCUT2D eigenvalue weighted by Crippen LogP contribution is 2.37. The van der Waals surface area contributed by atoms with Crippen molar-refractivity contribution in [1.29, 1.82) is 0 Å². The monoisotopic (exact) mass is 273 g/mol. The molecule has 3 rings (SSSR count). The van der Waals surface area contributed by atoms with Gasteiger partial charge in [0, 0.05) is 11.5 Å². The van der Waals surface area contributed by atoms with E-state index in [1.54, 1.807) is 13.2 Å². The molecule has 0 radical (unpaired) electrons. The summed E-state index contributed by atoms with van der Waals surface area (Å²) in [4.78, 5) is 4.52. The highest BCUT2D eigenvalue weighted by Gasteiger charge is 2.27. The third-order valence-electron chi connectivity index (χ3n) is 3.98. The summed E-state index contributed by atoms with van der Waals surface area (Å²) >= 11 is 0. The number of nitrogens with two attached hydrogens (primary N) is 1. The smallest absolute Gasteiger partial charge is 0.258 e. The highest BCUT2D eigenvalue weighted by molar-refractivity contribution is 5.65. The molecule has 5 nitrogen and oxygen atoms in total. The second-order valence-electron chi connectivity index (χ2n) is 5.53. The molecule has 0 amide bonds. The van der Waals surface area contributed by atoms with Gasteiger partial charge in [0.25, 0.3) is 5.89 Å². The van der Waals surface area contributed by atoms with Crippen molar-refractivity contribution in [3.05, 3.63) is 24.0 Å². The van der Waals surface area contributed by atoms with E-state index >= 15 is 0 Å². The third kappa shape index (κ3) is 2.35. The Balaban J connectivity index is 1.84. The van der Waals surface area contributed by atoms with Gasteiger partial charge in [0.15, 0.2) is 5.82 Å². The zero-order valence-corrected chi connectivity index (χ0v) is 11.8. The van der Waals surface area contributed by atoms with Crippen LogP contribution in [0.4, 0.5) is 5.69 Å². The number of nitrogens with zero attached hydrogens (tertiary/aromatic N) is 2. The van der Waals surface area contributed by atoms with Crippen molar-refractivity contribution in [2.24, 2.45) is 5.92 Å². The zero-order valence-electron chi connectivity index (χ0n) is 11.8. The van der Waals surface area contributed by atoms with Crippen LogP contribution in [0.1, 0.15) is 37.9 Å². The van der Waals surface area contributed by atoms with Crippen LogP contribution in [0, 0.1) is 5.92 Å². The van der Waals surface area contributed by atoms with Crippen molar-refractivity contribution in [3.63, 3.8) is 0 Å². The lowest BCUT2D eigenvalue weighted by Gasteiger charge is -2.04. The Morgan fingerprint density at radius 2 is 2.20 bits per heavy atom. The van der Waals surface area contributed by atoms with Gasteiger partial charge >= 0.3 is 0 Å². The normalized spacial score (nSPS) is 22.1. The first-order chi connectivity index (χ1) is 9.67. The molecule has 106 valence electrons. The quantitative estimate of drug-likeness (QED) is 0.869. The van der Waals surface area contributed by atoms with Gasteiger partial charge in [0.1, 0.15) is 5.75 Å². The van der Waals surface area contributed by atoms with Gasteiger partial charge < -0.3 is 15.0 Å². The maximum absolute atomic E-state index is 5.90. The molecule has 1 heterocycles. The van der Waals surface area contributed by atoms with Gasteiger partial charge in [-0.05, 0) is 43.4 Å². The molecule has 5 heteroatoms. The summed E-state index contributed by atoms with van der Waals surface area (Å²) in [6.07, 6.45) is 3.53. The topological polar surface area (TPSA) is 74.2 Å². The summed E-state index contributed by atoms with van der Waals surface area (Å²) in [5.74, 6) is 3.17. The van der Waals surface area contributed by atoms with Crippen LogP contribution >= 0.6 is 0 Å². The molecule has 0 bridgehead atoms. The molecule has 2 aromatic rings. The van der Waals surface area contributed by atoms with E-state index in [-0.39, 0.29) is 0 Å². The molecule has 2 N–H and O–H groups in total. The molecular formula is C15H19N3O2. The van der Waals surface area contributed by atoms with Crippen molar-refractivity contribution in [2.75, 3.05) is 12.8 Å². The molecule has 20 heavy (non-hydrogen) atoms. The second-order valence-corrected chi connectivity index (χ2v) is 5.53. The number of rotatable bonds is 3. The summed E-state index contributed by atoms with van der Waals surface area (Å²) in [5, 5.41) is 4.12. The first kappa shape index (κ1) is 13.0. The van der Waals surface area contributed by atoms with Crippen LogP contribution in [0.25, 0.3) is 11.5 Å². The Morgan fingerprint density at radius 3 is 2.85 bits per heavy atom. The average Bonchev–Trinajstić information content (AvgIpc) is 3.07. The predicted molar refractivity (Wildman–Crippen MR) is 76.5 cm³/mol. The van der Waals surface area contributed by atoms with Gasteiger partial charge in [-0.2, -0.15) is 4.98 Å². The van der Waals surface area contributed by atoms with E-state index in [0.717, 1.165) is 30.1 Å². The molecule has 0 saturated heterocycles. The molecule has 0 aliphatic heterocycles. The Labute approximate surface area is 118 Å². The molecular weight excluding hydrogens is 254 g/mol. The van der Waals surface area contributed by atoms with Gasteiger partial charge in [-0.1, -0.05) is 12.1 Å². The fourth-order valence-electron chi connectivity index (χ4n) is 2.83. The maximum atomic E-state index is 5.90. The number of aromatic nitrogens is 2. The molecule has 1 aliphatic carbocycles. The summed E-state index contributed by atoms with van der Waals surface area (Å²) in [7, 11) is 1.59. The molecule has 0 spiro atoms. The number of anilines is 1. The minimum atomic E-state index is 0.429. The number of hydrogen-bond acceptors (Lipinski definition) is 5. The average molecular weight is 273 g/mol. The Morgan fingerprint density at radius 1 is 1.35 bits per heavy atom. The van der Waals surface area contributed by atoms with Crippen LogP contribution in [-0.2, 0) is 0 Å². The molecule has 1 saturated carbocycles. The molecule has 2 unspecified atom stereocenters. The summed E-state index contributed by atoms with van der Waals surface area (Å²) in [6, 6.07) is 5.49. The van der Waals surface area contributed by atoms with E-state index in [2.05, 4.69) is 17.1 Å². The fourth-order valence-corrected chi connectivity index (χ4v) is 2.83. The zero-order chi connectivity index (χ0) is 14.1. The summed E-state index contributed by atoms with van der Waals surface area (Å²) in [5.41, 5.74) is 7.30. The molecule has 1 aromatic carbocycles. The van der Waals surface area contributed by atoms with E-state index in [1.807, 2.05) is 12.1 Å². The molecule has 1 aromatic heterocycles. The van der Waals surface area contributed by atoms with Crippen LogP contribution in [0.3, 0.4) is 0 Å². The van der Waals surface area contributed by atoms with E-state index in [9.17, 15) is 0 Å². The minimum absolute atomic E-state index is 0.429. The Hall–Kier alpha value is -2.04. The molecule has 1 fully saturated rings. The number of hydrogen-bond donors (Lipinski definition) is 1. The van der Waals surface area contributed by atoms with Gasteiger partial charge in [-0.3, -0.25) is 0 Å². The molecule has 2 atom stereocenters. The van der Waals surface area contributed by atoms with E-state index in [4.69, 9.17) is 15.0 Å². The number of methoxy groups -OCH3 is 1. The number of nitrogen functional groups attached to an aromatic ring is 1. The van der Waals surface area contributed by atoms with Gasteiger partial charge in [-0.25, -0.2) is 0 Å². The Kier molecular flexibility index (Phi) is 3.34. The van der Waals surface area contributed by atoms with E-state index in [0.29, 0.717) is 23.2 Å². The molecule has 1 aliphatic rings. The van der Waals surface area contributed by atoms with Crippen molar-refractivity contribution >= 4 is 5.69 Å². The fraction of sp³-hybridized carbons (Fsp3) is 0.467. The summed E-state index contributed by atoms with van der Waals surface area (Å²) < 4.78 is 10.5. The van der Waals surface area contributed by atoms with Crippen molar-refractivity contribution < 1.29 is 9.26 Å².